The topological polar surface area (TPSA) is 105 Å². The van der Waals surface area contributed by atoms with Gasteiger partial charge in [0.25, 0.3) is 11.8 Å². The number of benzene rings is 2. The van der Waals surface area contributed by atoms with E-state index in [1.807, 2.05) is 31.2 Å². The number of carbonyl (C=O) groups excluding carboxylic acids is 4. The zero-order valence-electron chi connectivity index (χ0n) is 16.2. The molecule has 1 saturated heterocycles. The van der Waals surface area contributed by atoms with Crippen LogP contribution in [0.4, 0.5) is 5.69 Å². The molecule has 2 N–H and O–H groups in total. The number of esters is 1. The van der Waals surface area contributed by atoms with E-state index in [0.29, 0.717) is 0 Å². The van der Waals surface area contributed by atoms with Gasteiger partial charge in [0, 0.05) is 18.7 Å². The molecule has 0 bridgehead atoms. The van der Waals surface area contributed by atoms with Crippen molar-refractivity contribution in [2.45, 2.75) is 13.3 Å². The Balaban J connectivity index is 1.47. The normalized spacial score (nSPS) is 15.6. The summed E-state index contributed by atoms with van der Waals surface area (Å²) in [6.07, 6.45) is 0.0119. The highest BCUT2D eigenvalue weighted by atomic mass is 35.5. The summed E-state index contributed by atoms with van der Waals surface area (Å²) in [4.78, 5) is 50.0. The molecule has 8 nitrogen and oxygen atoms in total. The van der Waals surface area contributed by atoms with E-state index in [1.54, 1.807) is 23.1 Å². The maximum atomic E-state index is 12.3. The molecule has 1 aliphatic heterocycles. The predicted octanol–water partition coefficient (Wildman–Crippen LogP) is 2.01. The molecule has 0 unspecified atom stereocenters. The molecule has 1 fully saturated rings. The van der Waals surface area contributed by atoms with Crippen molar-refractivity contribution in [3.8, 4) is 0 Å². The number of nitrogens with one attached hydrogen (secondary N) is 2. The van der Waals surface area contributed by atoms with Gasteiger partial charge in [0.2, 0.25) is 5.91 Å². The van der Waals surface area contributed by atoms with Crippen LogP contribution in [0, 0.1) is 12.8 Å². The molecule has 0 saturated carbocycles. The van der Waals surface area contributed by atoms with Crippen LogP contribution in [0.3, 0.4) is 0 Å². The fourth-order valence-electron chi connectivity index (χ4n) is 3.09. The summed E-state index contributed by atoms with van der Waals surface area (Å²) in [6, 6.07) is 13.7. The second kappa shape index (κ2) is 9.41. The predicted molar refractivity (Wildman–Crippen MR) is 110 cm³/mol. The monoisotopic (exact) mass is 429 g/mol. The number of rotatable bonds is 5. The van der Waals surface area contributed by atoms with Crippen molar-refractivity contribution in [1.29, 1.82) is 0 Å². The van der Waals surface area contributed by atoms with Crippen molar-refractivity contribution >= 4 is 41.0 Å². The van der Waals surface area contributed by atoms with Gasteiger partial charge in [0.05, 0.1) is 16.5 Å². The molecule has 0 aromatic heterocycles. The van der Waals surface area contributed by atoms with Gasteiger partial charge in [-0.2, -0.15) is 0 Å². The highest BCUT2D eigenvalue weighted by Crippen LogP contribution is 2.28. The lowest BCUT2D eigenvalue weighted by Gasteiger charge is -2.18. The minimum absolute atomic E-state index is 0.0119. The molecule has 0 aliphatic carbocycles. The lowest BCUT2D eigenvalue weighted by molar-refractivity contribution is -0.152. The molecule has 0 spiro atoms. The molecule has 1 aliphatic rings. The largest absolute Gasteiger partial charge is 0.455 e. The van der Waals surface area contributed by atoms with E-state index in [1.165, 1.54) is 6.07 Å². The number of amides is 3. The van der Waals surface area contributed by atoms with Crippen LogP contribution in [0.25, 0.3) is 0 Å². The standard InChI is InChI=1S/C21H20ClN3O5/c1-13-6-2-5-9-17(13)25-11-14(10-19(25)27)21(29)30-12-18(26)23-24-20(28)15-7-3-4-8-16(15)22/h2-9,14H,10-12H2,1H3,(H,23,26)(H,24,28)/t14-/m1/s1. The number of halogens is 1. The van der Waals surface area contributed by atoms with Crippen LogP contribution in [0.5, 0.6) is 0 Å². The Bertz CT molecular complexity index is 994. The zero-order valence-corrected chi connectivity index (χ0v) is 16.9. The number of ether oxygens (including phenoxy) is 1. The van der Waals surface area contributed by atoms with Crippen molar-refractivity contribution in [3.05, 3.63) is 64.7 Å². The first-order chi connectivity index (χ1) is 14.4. The number of hydrazine groups is 1. The number of anilines is 1. The van der Waals surface area contributed by atoms with Gasteiger partial charge in [-0.3, -0.25) is 30.0 Å². The van der Waals surface area contributed by atoms with E-state index in [4.69, 9.17) is 16.3 Å². The molecule has 2 aromatic carbocycles. The summed E-state index contributed by atoms with van der Waals surface area (Å²) < 4.78 is 5.01. The molecule has 156 valence electrons. The minimum atomic E-state index is -0.719. The minimum Gasteiger partial charge on any atom is -0.455 e. The van der Waals surface area contributed by atoms with E-state index >= 15 is 0 Å². The summed E-state index contributed by atoms with van der Waals surface area (Å²) >= 11 is 5.91. The zero-order chi connectivity index (χ0) is 21.7. The van der Waals surface area contributed by atoms with Crippen LogP contribution in [0.1, 0.15) is 22.3 Å². The van der Waals surface area contributed by atoms with Crippen LogP contribution in [0.2, 0.25) is 5.02 Å². The van der Waals surface area contributed by atoms with E-state index in [-0.39, 0.29) is 29.5 Å². The fourth-order valence-corrected chi connectivity index (χ4v) is 3.32. The first-order valence-corrected chi connectivity index (χ1v) is 9.61. The molecular formula is C21H20ClN3O5. The van der Waals surface area contributed by atoms with Crippen LogP contribution < -0.4 is 15.8 Å². The summed E-state index contributed by atoms with van der Waals surface area (Å²) in [7, 11) is 0. The maximum Gasteiger partial charge on any atom is 0.311 e. The Morgan fingerprint density at radius 2 is 1.80 bits per heavy atom. The second-order valence-electron chi connectivity index (χ2n) is 6.78. The Hall–Kier alpha value is -3.39. The van der Waals surface area contributed by atoms with Crippen LogP contribution in [0.15, 0.2) is 48.5 Å². The van der Waals surface area contributed by atoms with Crippen molar-refractivity contribution in [2.75, 3.05) is 18.1 Å². The lowest BCUT2D eigenvalue weighted by atomic mass is 10.1. The fraction of sp³-hybridized carbons (Fsp3) is 0.238. The van der Waals surface area contributed by atoms with Gasteiger partial charge in [-0.25, -0.2) is 0 Å². The molecule has 30 heavy (non-hydrogen) atoms. The Kier molecular flexibility index (Phi) is 6.68. The number of nitrogens with zero attached hydrogens (tertiary/aromatic N) is 1. The number of aryl methyl sites for hydroxylation is 1. The highest BCUT2D eigenvalue weighted by Gasteiger charge is 2.36. The third-order valence-corrected chi connectivity index (χ3v) is 4.97. The third kappa shape index (κ3) is 4.96. The van der Waals surface area contributed by atoms with E-state index in [9.17, 15) is 19.2 Å². The van der Waals surface area contributed by atoms with Crippen molar-refractivity contribution in [1.82, 2.24) is 10.9 Å². The molecule has 3 rings (SSSR count). The van der Waals surface area contributed by atoms with Crippen molar-refractivity contribution in [2.24, 2.45) is 5.92 Å². The Morgan fingerprint density at radius 3 is 2.53 bits per heavy atom. The van der Waals surface area contributed by atoms with Crippen molar-refractivity contribution in [3.63, 3.8) is 0 Å². The van der Waals surface area contributed by atoms with Crippen LogP contribution in [-0.2, 0) is 19.1 Å². The second-order valence-corrected chi connectivity index (χ2v) is 7.19. The average molecular weight is 430 g/mol. The van der Waals surface area contributed by atoms with Crippen molar-refractivity contribution < 1.29 is 23.9 Å². The smallest absolute Gasteiger partial charge is 0.311 e. The van der Waals surface area contributed by atoms with Gasteiger partial charge in [-0.1, -0.05) is 41.9 Å². The number of hydrogen-bond donors (Lipinski definition) is 2. The van der Waals surface area contributed by atoms with E-state index in [0.717, 1.165) is 11.3 Å². The van der Waals surface area contributed by atoms with Gasteiger partial charge in [-0.05, 0) is 30.7 Å². The third-order valence-electron chi connectivity index (χ3n) is 4.64. The SMILES string of the molecule is Cc1ccccc1N1C[C@H](C(=O)OCC(=O)NNC(=O)c2ccccc2Cl)CC1=O. The van der Waals surface area contributed by atoms with Crippen LogP contribution in [-0.4, -0.2) is 36.8 Å². The number of para-hydroxylation sites is 1. The maximum absolute atomic E-state index is 12.3. The molecular weight excluding hydrogens is 410 g/mol. The molecule has 2 aromatic rings. The molecule has 1 heterocycles. The summed E-state index contributed by atoms with van der Waals surface area (Å²) in [5.74, 6) is -2.81. The molecule has 1 atom stereocenters. The van der Waals surface area contributed by atoms with Crippen LogP contribution >= 0.6 is 11.6 Å². The average Bonchev–Trinajstić information content (AvgIpc) is 3.12. The summed E-state index contributed by atoms with van der Waals surface area (Å²) in [5, 5.41) is 0.236. The van der Waals surface area contributed by atoms with E-state index < -0.39 is 30.3 Å². The summed E-state index contributed by atoms with van der Waals surface area (Å²) in [5.41, 5.74) is 6.22. The first kappa shape index (κ1) is 21.3. The van der Waals surface area contributed by atoms with Gasteiger partial charge in [0.1, 0.15) is 0 Å². The number of hydrogen-bond acceptors (Lipinski definition) is 5. The highest BCUT2D eigenvalue weighted by molar-refractivity contribution is 6.33. The Morgan fingerprint density at radius 1 is 1.10 bits per heavy atom. The first-order valence-electron chi connectivity index (χ1n) is 9.23. The molecule has 0 radical (unpaired) electrons. The number of carbonyl (C=O) groups is 4. The van der Waals surface area contributed by atoms with Gasteiger partial charge < -0.3 is 9.64 Å². The van der Waals surface area contributed by atoms with E-state index in [2.05, 4.69) is 10.9 Å². The summed E-state index contributed by atoms with van der Waals surface area (Å²) in [6.45, 7) is 1.49. The lowest BCUT2D eigenvalue weighted by Crippen LogP contribution is -2.44. The van der Waals surface area contributed by atoms with Gasteiger partial charge in [-0.15, -0.1) is 0 Å². The quantitative estimate of drug-likeness (QED) is 0.558. The molecule has 9 heteroatoms. The van der Waals surface area contributed by atoms with Gasteiger partial charge in [0.15, 0.2) is 6.61 Å². The van der Waals surface area contributed by atoms with Gasteiger partial charge >= 0.3 is 5.97 Å². The Labute approximate surface area is 178 Å². The molecule has 3 amide bonds.